The molecule has 0 atom stereocenters. The fourth-order valence-electron chi connectivity index (χ4n) is 3.77. The van der Waals surface area contributed by atoms with Gasteiger partial charge in [0.25, 0.3) is 5.17 Å². The summed E-state index contributed by atoms with van der Waals surface area (Å²) in [5.41, 5.74) is 9.10. The van der Waals surface area contributed by atoms with Crippen molar-refractivity contribution >= 4 is 34.8 Å². The first-order chi connectivity index (χ1) is 18.0. The van der Waals surface area contributed by atoms with Crippen LogP contribution in [0.3, 0.4) is 0 Å². The highest BCUT2D eigenvalue weighted by Crippen LogP contribution is 2.34. The lowest BCUT2D eigenvalue weighted by atomic mass is 10.00. The molecule has 0 aliphatic rings. The average molecular weight is 541 g/mol. The molecule has 4 rings (SSSR count). The molecular formula is C26H23F3N6O2S. The maximum atomic E-state index is 12.4. The minimum atomic E-state index is -4.76. The number of hydrogen-bond acceptors (Lipinski definition) is 6. The van der Waals surface area contributed by atoms with Crippen molar-refractivity contribution in [2.75, 3.05) is 4.90 Å². The number of nitrogens with two attached hydrogens (primary N) is 1. The highest BCUT2D eigenvalue weighted by Gasteiger charge is 2.31. The van der Waals surface area contributed by atoms with Crippen molar-refractivity contribution in [1.82, 2.24) is 14.8 Å². The predicted molar refractivity (Wildman–Crippen MR) is 142 cm³/mol. The van der Waals surface area contributed by atoms with Crippen LogP contribution in [0, 0.1) is 5.41 Å². The summed E-state index contributed by atoms with van der Waals surface area (Å²) in [6.07, 6.45) is -3.30. The third-order valence-electron chi connectivity index (χ3n) is 5.41. The highest BCUT2D eigenvalue weighted by atomic mass is 32.1. The van der Waals surface area contributed by atoms with E-state index in [1.807, 2.05) is 24.3 Å². The monoisotopic (exact) mass is 540 g/mol. The quantitative estimate of drug-likeness (QED) is 0.168. The molecule has 3 aromatic carbocycles. The maximum absolute atomic E-state index is 12.4. The molecule has 0 saturated heterocycles. The van der Waals surface area contributed by atoms with Crippen LogP contribution in [0.5, 0.6) is 5.75 Å². The fraction of sp³-hybridized carbons (Fsp3) is 0.154. The Morgan fingerprint density at radius 1 is 1.03 bits per heavy atom. The number of aromatic nitrogens is 3. The largest absolute Gasteiger partial charge is 0.573 e. The molecule has 8 nitrogen and oxygen atoms in total. The SMILES string of the molecule is CC(C)c1ccccc1N(C(=N)OC(N)=S)c1ccc(-c2ncn(-c3ccc(OC(F)(F)F)cc3)n2)cc1. The Kier molecular flexibility index (Phi) is 7.62. The van der Waals surface area contributed by atoms with Crippen LogP contribution < -0.4 is 15.4 Å². The Balaban J connectivity index is 1.61. The number of rotatable bonds is 6. The van der Waals surface area contributed by atoms with Crippen molar-refractivity contribution in [2.24, 2.45) is 5.73 Å². The minimum Gasteiger partial charge on any atom is -0.406 e. The van der Waals surface area contributed by atoms with Gasteiger partial charge < -0.3 is 15.2 Å². The van der Waals surface area contributed by atoms with Crippen LogP contribution >= 0.6 is 12.2 Å². The Bertz CT molecular complexity index is 1440. The second-order valence-corrected chi connectivity index (χ2v) is 8.78. The summed E-state index contributed by atoms with van der Waals surface area (Å²) in [4.78, 5) is 5.92. The molecule has 196 valence electrons. The number of halogens is 3. The molecular weight excluding hydrogens is 517 g/mol. The molecule has 0 aliphatic heterocycles. The number of nitrogens with one attached hydrogen (secondary N) is 1. The molecule has 12 heteroatoms. The Morgan fingerprint density at radius 3 is 2.29 bits per heavy atom. The molecule has 3 N–H and O–H groups in total. The first-order valence-electron chi connectivity index (χ1n) is 11.3. The van der Waals surface area contributed by atoms with Gasteiger partial charge in [0.05, 0.1) is 17.1 Å². The Hall–Kier alpha value is -4.45. The molecule has 0 radical (unpaired) electrons. The van der Waals surface area contributed by atoms with Gasteiger partial charge in [-0.1, -0.05) is 32.0 Å². The molecule has 0 unspecified atom stereocenters. The summed E-state index contributed by atoms with van der Waals surface area (Å²) in [6.45, 7) is 4.11. The molecule has 0 amide bonds. The number of alkyl halides is 3. The van der Waals surface area contributed by atoms with E-state index in [4.69, 9.17) is 28.1 Å². The lowest BCUT2D eigenvalue weighted by Crippen LogP contribution is -2.32. The molecule has 0 saturated carbocycles. The summed E-state index contributed by atoms with van der Waals surface area (Å²) in [7, 11) is 0. The molecule has 0 aliphatic carbocycles. The molecule has 0 bridgehead atoms. The summed E-state index contributed by atoms with van der Waals surface area (Å²) < 4.78 is 47.8. The highest BCUT2D eigenvalue weighted by molar-refractivity contribution is 7.80. The van der Waals surface area contributed by atoms with E-state index in [1.54, 1.807) is 29.2 Å². The van der Waals surface area contributed by atoms with Crippen LogP contribution in [0.25, 0.3) is 17.1 Å². The lowest BCUT2D eigenvalue weighted by Gasteiger charge is -2.27. The third-order valence-corrected chi connectivity index (χ3v) is 5.49. The summed E-state index contributed by atoms with van der Waals surface area (Å²) in [5, 5.41) is 12.7. The number of thiocarbonyl (C=S) groups is 1. The number of amidine groups is 1. The van der Waals surface area contributed by atoms with Crippen molar-refractivity contribution in [1.29, 1.82) is 5.41 Å². The van der Waals surface area contributed by atoms with E-state index < -0.39 is 6.36 Å². The van der Waals surface area contributed by atoms with Crippen molar-refractivity contribution in [2.45, 2.75) is 26.1 Å². The van der Waals surface area contributed by atoms with Gasteiger partial charge in [-0.15, -0.1) is 18.3 Å². The summed E-state index contributed by atoms with van der Waals surface area (Å²) >= 11 is 4.85. The Morgan fingerprint density at radius 2 is 1.68 bits per heavy atom. The normalized spacial score (nSPS) is 11.3. The maximum Gasteiger partial charge on any atom is 0.573 e. The first-order valence-corrected chi connectivity index (χ1v) is 11.8. The molecule has 0 fully saturated rings. The van der Waals surface area contributed by atoms with Gasteiger partial charge in [-0.3, -0.25) is 10.3 Å². The van der Waals surface area contributed by atoms with Crippen molar-refractivity contribution in [3.8, 4) is 22.8 Å². The molecule has 0 spiro atoms. The molecule has 1 aromatic heterocycles. The van der Waals surface area contributed by atoms with Crippen molar-refractivity contribution in [3.05, 3.63) is 84.7 Å². The molecule has 1 heterocycles. The number of benzene rings is 3. The molecule has 4 aromatic rings. The van der Waals surface area contributed by atoms with E-state index in [1.165, 1.54) is 35.3 Å². The van der Waals surface area contributed by atoms with E-state index in [9.17, 15) is 13.2 Å². The van der Waals surface area contributed by atoms with Gasteiger partial charge in [-0.25, -0.2) is 9.67 Å². The smallest absolute Gasteiger partial charge is 0.406 e. The number of ether oxygens (including phenoxy) is 2. The predicted octanol–water partition coefficient (Wildman–Crippen LogP) is 6.29. The average Bonchev–Trinajstić information content (AvgIpc) is 3.34. The van der Waals surface area contributed by atoms with Gasteiger partial charge >= 0.3 is 12.4 Å². The number of nitrogens with zero attached hydrogens (tertiary/aromatic N) is 4. The van der Waals surface area contributed by atoms with E-state index >= 15 is 0 Å². The van der Waals surface area contributed by atoms with Crippen LogP contribution in [0.15, 0.2) is 79.1 Å². The Labute approximate surface area is 221 Å². The molecule has 38 heavy (non-hydrogen) atoms. The summed E-state index contributed by atoms with van der Waals surface area (Å²) in [5.74, 6) is 0.245. The standard InChI is InChI=1S/C26H23F3N6O2S/c1-16(2)21-5-3-4-6-22(21)35(24(30)36-25(31)38)19-9-7-17(8-10-19)23-32-15-34(33-23)18-11-13-20(14-12-18)37-26(27,28)29/h3-16,30H,1-2H3,(H2,31,38). The van der Waals surface area contributed by atoms with Crippen LogP contribution in [-0.4, -0.2) is 32.3 Å². The van der Waals surface area contributed by atoms with E-state index in [0.717, 1.165) is 11.3 Å². The van der Waals surface area contributed by atoms with Crippen LogP contribution in [0.2, 0.25) is 0 Å². The van der Waals surface area contributed by atoms with Gasteiger partial charge in [-0.2, -0.15) is 0 Å². The van der Waals surface area contributed by atoms with Gasteiger partial charge in [-0.05, 0) is 78.3 Å². The van der Waals surface area contributed by atoms with Crippen LogP contribution in [-0.2, 0) is 4.74 Å². The van der Waals surface area contributed by atoms with Crippen LogP contribution in [0.4, 0.5) is 24.5 Å². The van der Waals surface area contributed by atoms with Gasteiger partial charge in [0.2, 0.25) is 0 Å². The zero-order valence-corrected chi connectivity index (χ0v) is 21.1. The summed E-state index contributed by atoms with van der Waals surface area (Å²) in [6, 6.07) is 19.8. The van der Waals surface area contributed by atoms with Crippen molar-refractivity contribution in [3.63, 3.8) is 0 Å². The fourth-order valence-corrected chi connectivity index (χ4v) is 3.84. The second kappa shape index (κ2) is 10.9. The number of para-hydroxylation sites is 1. The first kappa shape index (κ1) is 26.6. The van der Waals surface area contributed by atoms with E-state index in [-0.39, 0.29) is 22.9 Å². The number of anilines is 2. The third kappa shape index (κ3) is 6.27. The van der Waals surface area contributed by atoms with Gasteiger partial charge in [0.1, 0.15) is 12.1 Å². The second-order valence-electron chi connectivity index (χ2n) is 8.38. The van der Waals surface area contributed by atoms with E-state index in [0.29, 0.717) is 22.8 Å². The van der Waals surface area contributed by atoms with Crippen molar-refractivity contribution < 1.29 is 22.6 Å². The zero-order valence-electron chi connectivity index (χ0n) is 20.3. The van der Waals surface area contributed by atoms with Gasteiger partial charge in [0, 0.05) is 5.56 Å². The minimum absolute atomic E-state index is 0.174. The number of hydrogen-bond donors (Lipinski definition) is 2. The zero-order chi connectivity index (χ0) is 27.4. The topological polar surface area (TPSA) is 102 Å². The van der Waals surface area contributed by atoms with E-state index in [2.05, 4.69) is 28.7 Å². The lowest BCUT2D eigenvalue weighted by molar-refractivity contribution is -0.274. The van der Waals surface area contributed by atoms with Gasteiger partial charge in [0.15, 0.2) is 5.82 Å². The van der Waals surface area contributed by atoms with Crippen LogP contribution in [0.1, 0.15) is 25.3 Å².